The molecule has 1 aromatic carbocycles. The maximum Gasteiger partial charge on any atom is 0.343 e. The van der Waals surface area contributed by atoms with E-state index in [9.17, 15) is 19.5 Å². The highest BCUT2D eigenvalue weighted by Gasteiger charge is 2.37. The molecule has 1 atom stereocenters. The first kappa shape index (κ1) is 28.3. The Kier molecular flexibility index (Phi) is 10.4. The van der Waals surface area contributed by atoms with E-state index < -0.39 is 23.8 Å². The van der Waals surface area contributed by atoms with E-state index in [2.05, 4.69) is 10.3 Å². The molecule has 1 aliphatic rings. The van der Waals surface area contributed by atoms with Crippen LogP contribution in [0.15, 0.2) is 63.1 Å². The van der Waals surface area contributed by atoms with Crippen molar-refractivity contribution >= 4 is 29.8 Å². The third-order valence-corrected chi connectivity index (χ3v) is 5.34. The van der Waals surface area contributed by atoms with E-state index in [1.54, 1.807) is 45.0 Å². The monoisotopic (exact) mass is 500 g/mol. The van der Waals surface area contributed by atoms with Crippen LogP contribution in [-0.4, -0.2) is 63.3 Å². The number of esters is 3. The largest absolute Gasteiger partial charge is 0.512 e. The lowest BCUT2D eigenvalue weighted by Crippen LogP contribution is -2.32. The summed E-state index contributed by atoms with van der Waals surface area (Å²) in [4.78, 5) is 42.2. The zero-order valence-electron chi connectivity index (χ0n) is 21.3. The van der Waals surface area contributed by atoms with Gasteiger partial charge < -0.3 is 29.4 Å². The molecule has 2 rings (SSSR count). The summed E-state index contributed by atoms with van der Waals surface area (Å²) in [5, 5.41) is 13.0. The molecule has 0 aromatic heterocycles. The Hall–Kier alpha value is -3.92. The van der Waals surface area contributed by atoms with Gasteiger partial charge >= 0.3 is 17.9 Å². The number of aliphatic hydroxyl groups excluding tert-OH is 1. The lowest BCUT2D eigenvalue weighted by molar-refractivity contribution is -0.140. The summed E-state index contributed by atoms with van der Waals surface area (Å²) in [5.74, 6) is -2.93. The van der Waals surface area contributed by atoms with Gasteiger partial charge in [0, 0.05) is 24.7 Å². The first-order valence-electron chi connectivity index (χ1n) is 11.3. The average Bonchev–Trinajstić information content (AvgIpc) is 2.83. The van der Waals surface area contributed by atoms with Crippen LogP contribution in [0.3, 0.4) is 0 Å². The van der Waals surface area contributed by atoms with Gasteiger partial charge in [0.1, 0.15) is 17.9 Å². The van der Waals surface area contributed by atoms with Gasteiger partial charge in [-0.05, 0) is 45.4 Å². The molecule has 0 spiro atoms. The minimum absolute atomic E-state index is 0.0233. The number of allylic oxidation sites excluding steroid dienone is 3. The summed E-state index contributed by atoms with van der Waals surface area (Å²) in [7, 11) is 2.75. The molecule has 10 nitrogen and oxygen atoms in total. The molecule has 0 amide bonds. The van der Waals surface area contributed by atoms with Crippen LogP contribution in [0.5, 0.6) is 0 Å². The van der Waals surface area contributed by atoms with Crippen LogP contribution in [0.2, 0.25) is 0 Å². The molecule has 1 heterocycles. The third-order valence-electron chi connectivity index (χ3n) is 5.34. The second kappa shape index (κ2) is 13.2. The number of hydrogen-bond acceptors (Lipinski definition) is 10. The van der Waals surface area contributed by atoms with Gasteiger partial charge in [0.15, 0.2) is 0 Å². The van der Waals surface area contributed by atoms with Crippen molar-refractivity contribution < 1.29 is 38.4 Å². The zero-order chi connectivity index (χ0) is 26.8. The van der Waals surface area contributed by atoms with E-state index in [1.807, 2.05) is 0 Å². The van der Waals surface area contributed by atoms with Gasteiger partial charge in [-0.1, -0.05) is 12.1 Å². The summed E-state index contributed by atoms with van der Waals surface area (Å²) in [6.45, 7) is 6.90. The van der Waals surface area contributed by atoms with E-state index in [4.69, 9.17) is 18.9 Å². The molecular weight excluding hydrogens is 468 g/mol. The number of aliphatic hydroxyl groups is 1. The molecule has 1 unspecified atom stereocenters. The Labute approximate surface area is 210 Å². The van der Waals surface area contributed by atoms with Crippen molar-refractivity contribution in [1.29, 1.82) is 0 Å². The second-order valence-corrected chi connectivity index (χ2v) is 7.83. The maximum absolute atomic E-state index is 12.9. The molecule has 0 saturated heterocycles. The van der Waals surface area contributed by atoms with Gasteiger partial charge in [-0.15, -0.1) is 0 Å². The molecule has 1 aromatic rings. The normalized spacial score (nSPS) is 16.4. The van der Waals surface area contributed by atoms with Gasteiger partial charge in [-0.2, -0.15) is 0 Å². The Morgan fingerprint density at radius 2 is 1.72 bits per heavy atom. The summed E-state index contributed by atoms with van der Waals surface area (Å²) in [6.07, 6.45) is 1.20. The van der Waals surface area contributed by atoms with Crippen LogP contribution in [0.25, 0.3) is 0 Å². The van der Waals surface area contributed by atoms with E-state index >= 15 is 0 Å². The summed E-state index contributed by atoms with van der Waals surface area (Å²) in [6, 6.07) is 6.82. The first-order chi connectivity index (χ1) is 17.2. The molecule has 194 valence electrons. The number of dihydropyridines is 1. The van der Waals surface area contributed by atoms with Crippen LogP contribution in [-0.2, 0) is 33.3 Å². The number of aliphatic imine (C=N–C) groups is 1. The lowest BCUT2D eigenvalue weighted by atomic mass is 9.80. The molecule has 0 fully saturated rings. The molecule has 1 aliphatic heterocycles. The minimum Gasteiger partial charge on any atom is -0.512 e. The van der Waals surface area contributed by atoms with Gasteiger partial charge in [0.2, 0.25) is 0 Å². The molecule has 0 saturated carbocycles. The number of methoxy groups -OCH3 is 2. The number of benzene rings is 1. The fourth-order valence-electron chi connectivity index (χ4n) is 3.70. The standard InChI is InChI=1S/C26H32N2O8/c1-7-35-26(32)22-16(3)28-15(2)21(25(31)34-6)23(22)18-9-8-10-19(13-18)27-14-20(17(4)29)24(30)36-12-11-33-5/h8-10,13-14,23,28-29H,7,11-12H2,1-6H3/b20-17+,27-14?. The van der Waals surface area contributed by atoms with Crippen molar-refractivity contribution in [3.8, 4) is 0 Å². The van der Waals surface area contributed by atoms with Crippen LogP contribution < -0.4 is 5.32 Å². The van der Waals surface area contributed by atoms with Gasteiger partial charge in [0.25, 0.3) is 0 Å². The van der Waals surface area contributed by atoms with Crippen molar-refractivity contribution in [2.24, 2.45) is 4.99 Å². The minimum atomic E-state index is -0.776. The molecule has 0 bridgehead atoms. The van der Waals surface area contributed by atoms with Crippen molar-refractivity contribution in [1.82, 2.24) is 5.32 Å². The summed E-state index contributed by atoms with van der Waals surface area (Å²) in [5.41, 5.74) is 2.52. The smallest absolute Gasteiger partial charge is 0.343 e. The van der Waals surface area contributed by atoms with Gasteiger partial charge in [-0.25, -0.2) is 14.4 Å². The number of nitrogens with zero attached hydrogens (tertiary/aromatic N) is 1. The highest BCUT2D eigenvalue weighted by Crippen LogP contribution is 2.40. The number of carbonyl (C=O) groups excluding carboxylic acids is 3. The molecule has 0 aliphatic carbocycles. The zero-order valence-corrected chi connectivity index (χ0v) is 21.3. The number of carbonyl (C=O) groups is 3. The van der Waals surface area contributed by atoms with Crippen molar-refractivity contribution in [3.63, 3.8) is 0 Å². The van der Waals surface area contributed by atoms with E-state index in [1.165, 1.54) is 27.4 Å². The number of rotatable bonds is 10. The van der Waals surface area contributed by atoms with E-state index in [-0.39, 0.29) is 42.3 Å². The Bertz CT molecular complexity index is 1130. The SMILES string of the molecule is CCOC(=O)C1=C(C)NC(C)=C(C(=O)OC)C1c1cccc(N=C/C(C(=O)OCCOC)=C(/C)O)c1. The van der Waals surface area contributed by atoms with Crippen LogP contribution in [0, 0.1) is 0 Å². The van der Waals surface area contributed by atoms with Crippen molar-refractivity contribution in [2.45, 2.75) is 33.6 Å². The van der Waals surface area contributed by atoms with Crippen molar-refractivity contribution in [2.75, 3.05) is 34.0 Å². The summed E-state index contributed by atoms with van der Waals surface area (Å²) < 4.78 is 20.2. The topological polar surface area (TPSA) is 133 Å². The predicted molar refractivity (Wildman–Crippen MR) is 133 cm³/mol. The molecule has 10 heteroatoms. The number of nitrogens with one attached hydrogen (secondary N) is 1. The summed E-state index contributed by atoms with van der Waals surface area (Å²) >= 11 is 0. The lowest BCUT2D eigenvalue weighted by Gasteiger charge is -2.30. The molecular formula is C26H32N2O8. The molecule has 2 N–H and O–H groups in total. The number of ether oxygens (including phenoxy) is 4. The third kappa shape index (κ3) is 6.82. The highest BCUT2D eigenvalue weighted by atomic mass is 16.6. The fourth-order valence-corrected chi connectivity index (χ4v) is 3.70. The van der Waals surface area contributed by atoms with Crippen LogP contribution in [0.4, 0.5) is 5.69 Å². The highest BCUT2D eigenvalue weighted by molar-refractivity contribution is 6.10. The van der Waals surface area contributed by atoms with Crippen molar-refractivity contribution in [3.05, 3.63) is 63.7 Å². The van der Waals surface area contributed by atoms with E-state index in [0.29, 0.717) is 22.6 Å². The predicted octanol–water partition coefficient (Wildman–Crippen LogP) is 3.38. The maximum atomic E-state index is 12.9. The molecule has 0 radical (unpaired) electrons. The first-order valence-corrected chi connectivity index (χ1v) is 11.3. The quantitative estimate of drug-likeness (QED) is 0.124. The Morgan fingerprint density at radius 3 is 2.31 bits per heavy atom. The number of hydrogen-bond donors (Lipinski definition) is 2. The fraction of sp³-hybridized carbons (Fsp3) is 0.385. The van der Waals surface area contributed by atoms with Gasteiger partial charge in [0.05, 0.1) is 43.1 Å². The van der Waals surface area contributed by atoms with Crippen LogP contribution >= 0.6 is 0 Å². The van der Waals surface area contributed by atoms with Gasteiger partial charge in [-0.3, -0.25) is 4.99 Å². The molecule has 36 heavy (non-hydrogen) atoms. The van der Waals surface area contributed by atoms with E-state index in [0.717, 1.165) is 0 Å². The Morgan fingerprint density at radius 1 is 1.06 bits per heavy atom. The second-order valence-electron chi connectivity index (χ2n) is 7.83. The average molecular weight is 501 g/mol. The Balaban J connectivity index is 2.52. The van der Waals surface area contributed by atoms with Crippen LogP contribution in [0.1, 0.15) is 39.2 Å².